The Bertz CT molecular complexity index is 777. The topological polar surface area (TPSA) is 89.2 Å². The number of allylic oxidation sites excluding steroid dienone is 1. The van der Waals surface area contributed by atoms with E-state index in [4.69, 9.17) is 17.0 Å². The van der Waals surface area contributed by atoms with Crippen LogP contribution in [0.4, 0.5) is 5.69 Å². The van der Waals surface area contributed by atoms with Crippen LogP contribution in [0.3, 0.4) is 0 Å². The van der Waals surface area contributed by atoms with E-state index in [-0.39, 0.29) is 12.3 Å². The average Bonchev–Trinajstić information content (AvgIpc) is 2.63. The third-order valence-electron chi connectivity index (χ3n) is 4.59. The molecular weight excluding hydrogens is 380 g/mol. The third-order valence-corrected chi connectivity index (χ3v) is 4.93. The van der Waals surface area contributed by atoms with Gasteiger partial charge in [-0.05, 0) is 43.8 Å². The molecule has 1 aliphatic rings. The van der Waals surface area contributed by atoms with Gasteiger partial charge in [-0.3, -0.25) is 10.1 Å². The van der Waals surface area contributed by atoms with Crippen molar-refractivity contribution in [2.45, 2.75) is 26.3 Å². The summed E-state index contributed by atoms with van der Waals surface area (Å²) in [5.41, 5.74) is 1.93. The first-order valence-corrected chi connectivity index (χ1v) is 9.66. The fourth-order valence-electron chi connectivity index (χ4n) is 3.15. The van der Waals surface area contributed by atoms with Crippen molar-refractivity contribution in [1.29, 1.82) is 0 Å². The molecule has 2 rings (SSSR count). The second kappa shape index (κ2) is 9.61. The number of ether oxygens (including phenoxy) is 1. The highest BCUT2D eigenvalue weighted by Crippen LogP contribution is 2.32. The molecule has 1 heterocycles. The zero-order valence-corrected chi connectivity index (χ0v) is 17.5. The maximum atomic E-state index is 12.7. The Hall–Kier alpha value is -2.52. The van der Waals surface area contributed by atoms with Gasteiger partial charge in [0.2, 0.25) is 0 Å². The van der Waals surface area contributed by atoms with Gasteiger partial charge < -0.3 is 19.9 Å². The Morgan fingerprint density at radius 3 is 2.54 bits per heavy atom. The molecule has 152 valence electrons. The van der Waals surface area contributed by atoms with Crippen LogP contribution in [0.15, 0.2) is 35.5 Å². The molecule has 2 N–H and O–H groups in total. The predicted molar refractivity (Wildman–Crippen MR) is 110 cm³/mol. The van der Waals surface area contributed by atoms with Gasteiger partial charge in [-0.2, -0.15) is 0 Å². The van der Waals surface area contributed by atoms with Crippen LogP contribution in [0.25, 0.3) is 0 Å². The van der Waals surface area contributed by atoms with Crippen molar-refractivity contribution in [3.05, 3.63) is 51.2 Å². The van der Waals surface area contributed by atoms with Crippen molar-refractivity contribution >= 4 is 29.0 Å². The standard InChI is InChI=1S/C19H26N4O4S/c1-5-27-18(24)16-13(2)22(12-6-11-21(3)4)19(28)20-17(16)14-7-9-15(10-8-14)23(25)26/h7-10,17H,5-6,11-12H2,1-4H3,(H,20,28)/p+1/t17-/m1/s1. The summed E-state index contributed by atoms with van der Waals surface area (Å²) in [6, 6.07) is 5.60. The smallest absolute Gasteiger partial charge is 0.338 e. The lowest BCUT2D eigenvalue weighted by Gasteiger charge is -2.37. The molecule has 0 radical (unpaired) electrons. The van der Waals surface area contributed by atoms with E-state index in [9.17, 15) is 14.9 Å². The van der Waals surface area contributed by atoms with Crippen LogP contribution in [-0.2, 0) is 9.53 Å². The van der Waals surface area contributed by atoms with Gasteiger partial charge >= 0.3 is 5.97 Å². The number of nitrogens with zero attached hydrogens (tertiary/aromatic N) is 2. The predicted octanol–water partition coefficient (Wildman–Crippen LogP) is 1.20. The molecule has 1 aromatic carbocycles. The summed E-state index contributed by atoms with van der Waals surface area (Å²) in [4.78, 5) is 26.4. The van der Waals surface area contributed by atoms with Gasteiger partial charge in [0, 0.05) is 30.8 Å². The molecule has 8 nitrogen and oxygen atoms in total. The molecule has 0 bridgehead atoms. The summed E-state index contributed by atoms with van der Waals surface area (Å²) < 4.78 is 5.27. The summed E-state index contributed by atoms with van der Waals surface area (Å²) in [5.74, 6) is -0.415. The summed E-state index contributed by atoms with van der Waals surface area (Å²) in [5, 5.41) is 14.7. The molecule has 0 spiro atoms. The summed E-state index contributed by atoms with van der Waals surface area (Å²) in [7, 11) is 4.17. The van der Waals surface area contributed by atoms with Gasteiger partial charge in [-0.1, -0.05) is 0 Å². The van der Waals surface area contributed by atoms with Gasteiger partial charge in [0.1, 0.15) is 0 Å². The minimum absolute atomic E-state index is 0.00617. The lowest BCUT2D eigenvalue weighted by molar-refractivity contribution is -0.858. The van der Waals surface area contributed by atoms with E-state index in [1.165, 1.54) is 17.0 Å². The van der Waals surface area contributed by atoms with Crippen molar-refractivity contribution in [3.63, 3.8) is 0 Å². The van der Waals surface area contributed by atoms with Gasteiger partial charge in [0.05, 0.1) is 43.8 Å². The molecular formula is C19H27N4O4S+. The number of hydrogen-bond acceptors (Lipinski definition) is 5. The fraction of sp³-hybridized carbons (Fsp3) is 0.474. The molecule has 0 unspecified atom stereocenters. The zero-order chi connectivity index (χ0) is 20.8. The molecule has 1 aliphatic heterocycles. The largest absolute Gasteiger partial charge is 0.463 e. The SMILES string of the molecule is CCOC(=O)C1=C(C)N(CCC[NH+](C)C)C(=S)N[C@@H]1c1ccc([N+](=O)[O-])cc1. The van der Waals surface area contributed by atoms with Gasteiger partial charge in [0.15, 0.2) is 5.11 Å². The number of non-ortho nitro benzene ring substituents is 1. The lowest BCUT2D eigenvalue weighted by atomic mass is 9.94. The number of carbonyl (C=O) groups excluding carboxylic acids is 1. The highest BCUT2D eigenvalue weighted by atomic mass is 32.1. The van der Waals surface area contributed by atoms with Crippen molar-refractivity contribution in [3.8, 4) is 0 Å². The van der Waals surface area contributed by atoms with Crippen molar-refractivity contribution < 1.29 is 19.4 Å². The second-order valence-corrected chi connectivity index (χ2v) is 7.30. The van der Waals surface area contributed by atoms with E-state index < -0.39 is 16.9 Å². The van der Waals surface area contributed by atoms with Crippen LogP contribution in [-0.4, -0.2) is 54.7 Å². The van der Waals surface area contributed by atoms with Crippen molar-refractivity contribution in [1.82, 2.24) is 10.2 Å². The Morgan fingerprint density at radius 2 is 2.00 bits per heavy atom. The van der Waals surface area contributed by atoms with Crippen LogP contribution < -0.4 is 10.2 Å². The zero-order valence-electron chi connectivity index (χ0n) is 16.7. The number of hydrogen-bond donors (Lipinski definition) is 2. The summed E-state index contributed by atoms with van der Waals surface area (Å²) >= 11 is 5.55. The first-order valence-electron chi connectivity index (χ1n) is 9.25. The van der Waals surface area contributed by atoms with Gasteiger partial charge in [0.25, 0.3) is 5.69 Å². The Labute approximate surface area is 170 Å². The molecule has 0 aliphatic carbocycles. The number of rotatable bonds is 8. The number of esters is 1. The molecule has 0 aromatic heterocycles. The first kappa shape index (κ1) is 21.8. The number of nitro groups is 1. The highest BCUT2D eigenvalue weighted by molar-refractivity contribution is 7.80. The van der Waals surface area contributed by atoms with Crippen LogP contribution in [0.5, 0.6) is 0 Å². The van der Waals surface area contributed by atoms with Crippen LogP contribution in [0, 0.1) is 10.1 Å². The Kier molecular flexibility index (Phi) is 7.47. The van der Waals surface area contributed by atoms with E-state index >= 15 is 0 Å². The van der Waals surface area contributed by atoms with Crippen LogP contribution >= 0.6 is 12.2 Å². The number of carbonyl (C=O) groups is 1. The highest BCUT2D eigenvalue weighted by Gasteiger charge is 2.34. The maximum Gasteiger partial charge on any atom is 0.338 e. The van der Waals surface area contributed by atoms with E-state index in [1.807, 2.05) is 11.8 Å². The third kappa shape index (κ3) is 5.05. The normalized spacial score (nSPS) is 17.0. The quantitative estimate of drug-likeness (QED) is 0.290. The average molecular weight is 408 g/mol. The maximum absolute atomic E-state index is 12.7. The molecule has 0 saturated heterocycles. The minimum atomic E-state index is -0.511. The van der Waals surface area contributed by atoms with E-state index in [0.717, 1.165) is 18.7 Å². The van der Waals surface area contributed by atoms with Gasteiger partial charge in [-0.25, -0.2) is 4.79 Å². The molecule has 28 heavy (non-hydrogen) atoms. The van der Waals surface area contributed by atoms with E-state index in [1.54, 1.807) is 19.1 Å². The Morgan fingerprint density at radius 1 is 1.36 bits per heavy atom. The lowest BCUT2D eigenvalue weighted by Crippen LogP contribution is -3.05. The molecule has 1 aromatic rings. The van der Waals surface area contributed by atoms with Gasteiger partial charge in [-0.15, -0.1) is 0 Å². The molecule has 0 fully saturated rings. The number of benzene rings is 1. The van der Waals surface area contributed by atoms with Crippen LogP contribution in [0.2, 0.25) is 0 Å². The number of thiocarbonyl (C=S) groups is 1. The summed E-state index contributed by atoms with van der Waals surface area (Å²) in [6.07, 6.45) is 0.916. The number of nitro benzene ring substituents is 1. The van der Waals surface area contributed by atoms with Crippen molar-refractivity contribution in [2.75, 3.05) is 33.8 Å². The fourth-order valence-corrected chi connectivity index (χ4v) is 3.50. The Balaban J connectivity index is 2.38. The van der Waals surface area contributed by atoms with Crippen LogP contribution in [0.1, 0.15) is 31.9 Å². The minimum Gasteiger partial charge on any atom is -0.463 e. The summed E-state index contributed by atoms with van der Waals surface area (Å²) in [6.45, 7) is 5.55. The monoisotopic (exact) mass is 407 g/mol. The number of quaternary nitrogens is 1. The molecule has 0 saturated carbocycles. The second-order valence-electron chi connectivity index (χ2n) is 6.91. The number of nitrogens with one attached hydrogen (secondary N) is 2. The first-order chi connectivity index (χ1) is 13.3. The molecule has 9 heteroatoms. The molecule has 1 atom stereocenters. The molecule has 0 amide bonds. The van der Waals surface area contributed by atoms with Crippen molar-refractivity contribution in [2.24, 2.45) is 0 Å². The van der Waals surface area contributed by atoms with E-state index in [2.05, 4.69) is 19.4 Å². The van der Waals surface area contributed by atoms with E-state index in [0.29, 0.717) is 22.8 Å².